The van der Waals surface area contributed by atoms with Crippen LogP contribution in [0.3, 0.4) is 0 Å². The molecule has 0 aliphatic carbocycles. The summed E-state index contributed by atoms with van der Waals surface area (Å²) in [7, 11) is 0. The molecule has 0 aromatic heterocycles. The lowest BCUT2D eigenvalue weighted by Gasteiger charge is -2.10. The molecule has 0 spiro atoms. The van der Waals surface area contributed by atoms with Crippen LogP contribution in [0.2, 0.25) is 0 Å². The van der Waals surface area contributed by atoms with Crippen LogP contribution in [-0.2, 0) is 4.79 Å². The molecule has 3 amide bonds. The monoisotopic (exact) mass is 375 g/mol. The summed E-state index contributed by atoms with van der Waals surface area (Å²) in [4.78, 5) is 35.6. The third kappa shape index (κ3) is 5.60. The zero-order valence-electron chi connectivity index (χ0n) is 14.9. The van der Waals surface area contributed by atoms with Crippen molar-refractivity contribution in [3.05, 3.63) is 70.3 Å². The summed E-state index contributed by atoms with van der Waals surface area (Å²) < 4.78 is 26.3. The fourth-order valence-electron chi connectivity index (χ4n) is 2.38. The number of benzene rings is 2. The third-order valence-electron chi connectivity index (χ3n) is 3.76. The van der Waals surface area contributed by atoms with E-state index in [0.29, 0.717) is 11.6 Å². The van der Waals surface area contributed by atoms with E-state index in [-0.39, 0.29) is 18.5 Å². The van der Waals surface area contributed by atoms with Gasteiger partial charge in [0.1, 0.15) is 11.6 Å². The van der Waals surface area contributed by atoms with E-state index in [2.05, 4.69) is 16.2 Å². The van der Waals surface area contributed by atoms with Crippen molar-refractivity contribution < 1.29 is 23.2 Å². The molecule has 2 aromatic carbocycles. The van der Waals surface area contributed by atoms with Gasteiger partial charge in [-0.15, -0.1) is 0 Å². The number of hydrogen-bond donors (Lipinski definition) is 3. The minimum absolute atomic E-state index is 0.0824. The Morgan fingerprint density at radius 3 is 2.26 bits per heavy atom. The highest BCUT2D eigenvalue weighted by molar-refractivity contribution is 5.97. The number of carbonyl (C=O) groups is 3. The third-order valence-corrected chi connectivity index (χ3v) is 3.76. The fraction of sp³-hybridized carbons (Fsp3) is 0.211. The number of amides is 3. The molecule has 0 heterocycles. The first kappa shape index (κ1) is 20.0. The molecule has 0 unspecified atom stereocenters. The van der Waals surface area contributed by atoms with Gasteiger partial charge >= 0.3 is 0 Å². The van der Waals surface area contributed by atoms with E-state index in [1.807, 2.05) is 13.0 Å². The summed E-state index contributed by atoms with van der Waals surface area (Å²) in [6, 6.07) is 7.88. The standard InChI is InChI=1S/C19H19F2N3O3/c1-11-3-5-14(12(2)9-11)19(27)24-23-17(25)7-8-22-18(26)15-6-4-13(20)10-16(15)21/h3-6,9-10H,7-8H2,1-2H3,(H,22,26)(H,23,25)(H,24,27). The second kappa shape index (κ2) is 8.88. The highest BCUT2D eigenvalue weighted by atomic mass is 19.1. The molecule has 0 aliphatic rings. The van der Waals surface area contributed by atoms with Crippen LogP contribution in [0.25, 0.3) is 0 Å². The Morgan fingerprint density at radius 1 is 0.889 bits per heavy atom. The molecule has 0 fully saturated rings. The lowest BCUT2D eigenvalue weighted by atomic mass is 10.1. The molecule has 27 heavy (non-hydrogen) atoms. The van der Waals surface area contributed by atoms with Gasteiger partial charge in [0.2, 0.25) is 5.91 Å². The first-order chi connectivity index (χ1) is 12.8. The molecular weight excluding hydrogens is 356 g/mol. The van der Waals surface area contributed by atoms with E-state index in [1.165, 1.54) is 0 Å². The molecule has 3 N–H and O–H groups in total. The predicted molar refractivity (Wildman–Crippen MR) is 94.8 cm³/mol. The maximum Gasteiger partial charge on any atom is 0.269 e. The SMILES string of the molecule is Cc1ccc(C(=O)NNC(=O)CCNC(=O)c2ccc(F)cc2F)c(C)c1. The van der Waals surface area contributed by atoms with Crippen molar-refractivity contribution in [2.75, 3.05) is 6.54 Å². The topological polar surface area (TPSA) is 87.3 Å². The number of nitrogens with one attached hydrogen (secondary N) is 3. The molecule has 6 nitrogen and oxygen atoms in total. The number of rotatable bonds is 5. The summed E-state index contributed by atoms with van der Waals surface area (Å²) in [6.07, 6.45) is -0.137. The Bertz CT molecular complexity index is 884. The van der Waals surface area contributed by atoms with Gasteiger partial charge in [-0.3, -0.25) is 25.2 Å². The van der Waals surface area contributed by atoms with Crippen LogP contribution in [0.15, 0.2) is 36.4 Å². The Balaban J connectivity index is 1.77. The molecule has 0 bridgehead atoms. The van der Waals surface area contributed by atoms with Gasteiger partial charge in [0.05, 0.1) is 5.56 Å². The van der Waals surface area contributed by atoms with Crippen molar-refractivity contribution in [3.63, 3.8) is 0 Å². The summed E-state index contributed by atoms with van der Waals surface area (Å²) in [6.45, 7) is 3.61. The average molecular weight is 375 g/mol. The lowest BCUT2D eigenvalue weighted by Crippen LogP contribution is -2.43. The predicted octanol–water partition coefficient (Wildman–Crippen LogP) is 2.16. The first-order valence-electron chi connectivity index (χ1n) is 8.17. The summed E-state index contributed by atoms with van der Waals surface area (Å²) in [5.74, 6) is -3.54. The van der Waals surface area contributed by atoms with Crippen molar-refractivity contribution in [1.29, 1.82) is 0 Å². The fourth-order valence-corrected chi connectivity index (χ4v) is 2.38. The smallest absolute Gasteiger partial charge is 0.269 e. The van der Waals surface area contributed by atoms with Crippen molar-refractivity contribution in [2.24, 2.45) is 0 Å². The van der Waals surface area contributed by atoms with E-state index in [0.717, 1.165) is 23.3 Å². The number of aryl methyl sites for hydroxylation is 2. The minimum atomic E-state index is -0.988. The molecule has 0 atom stereocenters. The van der Waals surface area contributed by atoms with Gasteiger partial charge < -0.3 is 5.32 Å². The van der Waals surface area contributed by atoms with Crippen molar-refractivity contribution in [1.82, 2.24) is 16.2 Å². The lowest BCUT2D eigenvalue weighted by molar-refractivity contribution is -0.121. The Morgan fingerprint density at radius 2 is 1.59 bits per heavy atom. The molecule has 8 heteroatoms. The van der Waals surface area contributed by atoms with Gasteiger partial charge in [0.15, 0.2) is 0 Å². The molecule has 0 saturated heterocycles. The largest absolute Gasteiger partial charge is 0.351 e. The zero-order chi connectivity index (χ0) is 20.0. The van der Waals surface area contributed by atoms with E-state index in [9.17, 15) is 23.2 Å². The molecule has 142 valence electrons. The minimum Gasteiger partial charge on any atom is -0.351 e. The van der Waals surface area contributed by atoms with Gasteiger partial charge in [0.25, 0.3) is 11.8 Å². The molecule has 2 rings (SSSR count). The van der Waals surface area contributed by atoms with Crippen LogP contribution in [0.1, 0.15) is 38.3 Å². The number of hydrogen-bond acceptors (Lipinski definition) is 3. The van der Waals surface area contributed by atoms with Crippen LogP contribution in [-0.4, -0.2) is 24.3 Å². The molecular formula is C19H19F2N3O3. The van der Waals surface area contributed by atoms with Gasteiger partial charge in [-0.1, -0.05) is 17.7 Å². The van der Waals surface area contributed by atoms with Crippen molar-refractivity contribution >= 4 is 17.7 Å². The first-order valence-corrected chi connectivity index (χ1v) is 8.17. The summed E-state index contributed by atoms with van der Waals surface area (Å²) >= 11 is 0. The molecule has 0 aliphatic heterocycles. The number of hydrazine groups is 1. The van der Waals surface area contributed by atoms with Crippen LogP contribution in [0.4, 0.5) is 8.78 Å². The van der Waals surface area contributed by atoms with Gasteiger partial charge in [-0.2, -0.15) is 0 Å². The van der Waals surface area contributed by atoms with Gasteiger partial charge in [-0.25, -0.2) is 8.78 Å². The Kier molecular flexibility index (Phi) is 6.59. The van der Waals surface area contributed by atoms with Crippen LogP contribution in [0.5, 0.6) is 0 Å². The second-order valence-corrected chi connectivity index (χ2v) is 5.95. The van der Waals surface area contributed by atoms with Crippen LogP contribution >= 0.6 is 0 Å². The molecule has 0 radical (unpaired) electrons. The number of halogens is 2. The quantitative estimate of drug-likeness (QED) is 0.700. The summed E-state index contributed by atoms with van der Waals surface area (Å²) in [5.41, 5.74) is 6.43. The zero-order valence-corrected chi connectivity index (χ0v) is 14.9. The van der Waals surface area contributed by atoms with E-state index >= 15 is 0 Å². The average Bonchev–Trinajstić information content (AvgIpc) is 2.59. The number of carbonyl (C=O) groups excluding carboxylic acids is 3. The van der Waals surface area contributed by atoms with Crippen LogP contribution in [0, 0.1) is 25.5 Å². The van der Waals surface area contributed by atoms with E-state index < -0.39 is 29.4 Å². The highest BCUT2D eigenvalue weighted by Crippen LogP contribution is 2.10. The Labute approximate surface area is 154 Å². The van der Waals surface area contributed by atoms with Gasteiger partial charge in [0, 0.05) is 24.6 Å². The van der Waals surface area contributed by atoms with E-state index in [1.54, 1.807) is 19.1 Å². The molecule has 0 saturated carbocycles. The summed E-state index contributed by atoms with van der Waals surface area (Å²) in [5, 5.41) is 2.35. The maximum atomic E-state index is 13.5. The second-order valence-electron chi connectivity index (χ2n) is 5.95. The van der Waals surface area contributed by atoms with Gasteiger partial charge in [-0.05, 0) is 37.6 Å². The normalized spacial score (nSPS) is 10.2. The molecule has 2 aromatic rings. The van der Waals surface area contributed by atoms with Crippen LogP contribution < -0.4 is 16.2 Å². The highest BCUT2D eigenvalue weighted by Gasteiger charge is 2.13. The van der Waals surface area contributed by atoms with E-state index in [4.69, 9.17) is 0 Å². The Hall–Kier alpha value is -3.29. The van der Waals surface area contributed by atoms with Crippen molar-refractivity contribution in [2.45, 2.75) is 20.3 Å². The van der Waals surface area contributed by atoms with Crippen molar-refractivity contribution in [3.8, 4) is 0 Å². The maximum absolute atomic E-state index is 13.5.